The van der Waals surface area contributed by atoms with Gasteiger partial charge >= 0.3 is 0 Å². The van der Waals surface area contributed by atoms with Gasteiger partial charge in [0.15, 0.2) is 0 Å². The summed E-state index contributed by atoms with van der Waals surface area (Å²) in [5.41, 5.74) is 8.05. The Bertz CT molecular complexity index is 741. The van der Waals surface area contributed by atoms with E-state index in [4.69, 9.17) is 10.8 Å². The molecule has 2 heteroatoms. The van der Waals surface area contributed by atoms with Crippen LogP contribution >= 0.6 is 0 Å². The van der Waals surface area contributed by atoms with Crippen LogP contribution in [-0.4, -0.2) is 11.4 Å². The molecular weight excluding hydrogens is 256 g/mol. The van der Waals surface area contributed by atoms with Gasteiger partial charge in [-0.15, -0.1) is 0 Å². The van der Waals surface area contributed by atoms with Gasteiger partial charge in [-0.1, -0.05) is 43.3 Å². The molecule has 0 amide bonds. The molecule has 2 aromatic rings. The van der Waals surface area contributed by atoms with Crippen LogP contribution in [0.4, 0.5) is 0 Å². The van der Waals surface area contributed by atoms with E-state index in [1.165, 1.54) is 11.1 Å². The summed E-state index contributed by atoms with van der Waals surface area (Å²) >= 11 is 0. The highest BCUT2D eigenvalue weighted by molar-refractivity contribution is 6.15. The van der Waals surface area contributed by atoms with Crippen LogP contribution in [0.2, 0.25) is 0 Å². The molecule has 0 saturated carbocycles. The Balaban J connectivity index is 2.28. The minimum Gasteiger partial charge on any atom is -0.309 e. The minimum atomic E-state index is 0.612. The maximum atomic E-state index is 8.70. The Kier molecular flexibility index (Phi) is 3.46. The van der Waals surface area contributed by atoms with Crippen LogP contribution in [-0.2, 0) is 19.3 Å². The fourth-order valence-electron chi connectivity index (χ4n) is 3.26. The Morgan fingerprint density at radius 2 is 1.67 bits per heavy atom. The molecule has 0 aliphatic heterocycles. The number of rotatable bonds is 1. The molecule has 3 rings (SSSR count). The summed E-state index contributed by atoms with van der Waals surface area (Å²) < 4.78 is 0. The molecule has 2 aromatic carbocycles. The Hall–Kier alpha value is -2.22. The monoisotopic (exact) mass is 276 g/mol. The van der Waals surface area contributed by atoms with Crippen LogP contribution in [0.1, 0.15) is 40.3 Å². The van der Waals surface area contributed by atoms with E-state index in [2.05, 4.69) is 26.0 Å². The second-order valence-corrected chi connectivity index (χ2v) is 5.73. The van der Waals surface area contributed by atoms with Crippen molar-refractivity contribution in [1.29, 1.82) is 10.8 Å². The zero-order valence-electron chi connectivity index (χ0n) is 12.6. The van der Waals surface area contributed by atoms with E-state index in [0.717, 1.165) is 34.4 Å². The molecule has 0 spiro atoms. The number of hydrogen-bond acceptors (Lipinski definition) is 2. The van der Waals surface area contributed by atoms with Crippen LogP contribution in [0.15, 0.2) is 36.4 Å². The van der Waals surface area contributed by atoms with Gasteiger partial charge in [0.2, 0.25) is 0 Å². The number of hydrogen-bond donors (Lipinski definition) is 2. The third-order valence-corrected chi connectivity index (χ3v) is 4.39. The Labute approximate surface area is 125 Å². The van der Waals surface area contributed by atoms with Crippen LogP contribution in [0.3, 0.4) is 0 Å². The first-order chi connectivity index (χ1) is 10.1. The molecular formula is C19H20N2. The maximum absolute atomic E-state index is 8.70. The molecule has 0 atom stereocenters. The van der Waals surface area contributed by atoms with Gasteiger partial charge in [0, 0.05) is 29.7 Å². The molecule has 0 fully saturated rings. The predicted octanol–water partition coefficient (Wildman–Crippen LogP) is 4.09. The molecule has 0 bridgehead atoms. The molecule has 2 nitrogen and oxygen atoms in total. The largest absolute Gasteiger partial charge is 0.309 e. The summed E-state index contributed by atoms with van der Waals surface area (Å²) in [4.78, 5) is 0. The summed E-state index contributed by atoms with van der Waals surface area (Å²) in [7, 11) is 0. The normalized spacial score (nSPS) is 14.2. The minimum absolute atomic E-state index is 0.612. The standard InChI is InChI=1S/C19H20N2/c1-3-13-8-9-15-11-16(20)10-14-6-4-5-7-17(14)19(21)18(15)12(13)2/h4-9,20-21H,3,10-11H2,1-2H3. The highest BCUT2D eigenvalue weighted by Gasteiger charge is 2.21. The summed E-state index contributed by atoms with van der Waals surface area (Å²) in [5.74, 6) is 0. The average molecular weight is 276 g/mol. The zero-order valence-corrected chi connectivity index (χ0v) is 12.6. The van der Waals surface area contributed by atoms with E-state index in [1.54, 1.807) is 0 Å². The Morgan fingerprint density at radius 1 is 0.952 bits per heavy atom. The van der Waals surface area contributed by atoms with Crippen LogP contribution in [0.25, 0.3) is 0 Å². The Morgan fingerprint density at radius 3 is 2.43 bits per heavy atom. The van der Waals surface area contributed by atoms with Crippen molar-refractivity contribution in [3.05, 3.63) is 69.8 Å². The van der Waals surface area contributed by atoms with Gasteiger partial charge < -0.3 is 5.41 Å². The van der Waals surface area contributed by atoms with Gasteiger partial charge in [-0.25, -0.2) is 0 Å². The average Bonchev–Trinajstić information content (AvgIpc) is 2.46. The fraction of sp³-hybridized carbons (Fsp3) is 0.263. The van der Waals surface area contributed by atoms with Gasteiger partial charge in [0.05, 0.1) is 5.71 Å². The number of aryl methyl sites for hydroxylation is 1. The summed E-state index contributed by atoms with van der Waals surface area (Å²) in [5, 5.41) is 16.9. The SMILES string of the molecule is CCc1ccc2c(c1C)C(=N)c1ccccc1CC(=N)C2. The van der Waals surface area contributed by atoms with Crippen LogP contribution in [0.5, 0.6) is 0 Å². The third kappa shape index (κ3) is 2.31. The smallest absolute Gasteiger partial charge is 0.0693 e. The van der Waals surface area contributed by atoms with Crippen molar-refractivity contribution < 1.29 is 0 Å². The highest BCUT2D eigenvalue weighted by atomic mass is 14.5. The van der Waals surface area contributed by atoms with Crippen molar-refractivity contribution in [3.63, 3.8) is 0 Å². The van der Waals surface area contributed by atoms with E-state index < -0.39 is 0 Å². The van der Waals surface area contributed by atoms with E-state index in [-0.39, 0.29) is 0 Å². The quantitative estimate of drug-likeness (QED) is 0.788. The van der Waals surface area contributed by atoms with Crippen LogP contribution in [0, 0.1) is 17.7 Å². The van der Waals surface area contributed by atoms with Crippen molar-refractivity contribution in [2.24, 2.45) is 0 Å². The van der Waals surface area contributed by atoms with Crippen molar-refractivity contribution in [1.82, 2.24) is 0 Å². The molecule has 21 heavy (non-hydrogen) atoms. The molecule has 0 unspecified atom stereocenters. The maximum Gasteiger partial charge on any atom is 0.0693 e. The third-order valence-electron chi connectivity index (χ3n) is 4.39. The molecule has 0 aromatic heterocycles. The van der Waals surface area contributed by atoms with E-state index >= 15 is 0 Å². The lowest BCUT2D eigenvalue weighted by atomic mass is 9.83. The highest BCUT2D eigenvalue weighted by Crippen LogP contribution is 2.27. The lowest BCUT2D eigenvalue weighted by Crippen LogP contribution is -2.19. The number of fused-ring (bicyclic) bond motifs is 2. The van der Waals surface area contributed by atoms with E-state index in [1.807, 2.05) is 24.3 Å². The first-order valence-corrected chi connectivity index (χ1v) is 7.46. The summed E-state index contributed by atoms with van der Waals surface area (Å²) in [6.07, 6.45) is 2.27. The summed E-state index contributed by atoms with van der Waals surface area (Å²) in [6.45, 7) is 4.26. The zero-order chi connectivity index (χ0) is 15.0. The summed E-state index contributed by atoms with van der Waals surface area (Å²) in [6, 6.07) is 12.3. The fourth-order valence-corrected chi connectivity index (χ4v) is 3.26. The molecule has 106 valence electrons. The topological polar surface area (TPSA) is 47.7 Å². The first-order valence-electron chi connectivity index (χ1n) is 7.46. The number of nitrogens with one attached hydrogen (secondary N) is 2. The second kappa shape index (κ2) is 5.28. The van der Waals surface area contributed by atoms with Crippen molar-refractivity contribution in [2.75, 3.05) is 0 Å². The molecule has 0 radical (unpaired) electrons. The van der Waals surface area contributed by atoms with E-state index in [0.29, 0.717) is 18.6 Å². The lowest BCUT2D eigenvalue weighted by molar-refractivity contribution is 1.08. The van der Waals surface area contributed by atoms with Gasteiger partial charge in [0.1, 0.15) is 0 Å². The second-order valence-electron chi connectivity index (χ2n) is 5.73. The first kappa shape index (κ1) is 13.7. The van der Waals surface area contributed by atoms with Gasteiger partial charge in [-0.05, 0) is 35.6 Å². The van der Waals surface area contributed by atoms with Gasteiger partial charge in [-0.3, -0.25) is 5.41 Å². The van der Waals surface area contributed by atoms with Crippen molar-refractivity contribution in [3.8, 4) is 0 Å². The lowest BCUT2D eigenvalue weighted by Gasteiger charge is -2.22. The van der Waals surface area contributed by atoms with Crippen molar-refractivity contribution in [2.45, 2.75) is 33.1 Å². The van der Waals surface area contributed by atoms with Gasteiger partial charge in [0.25, 0.3) is 0 Å². The molecule has 0 heterocycles. The molecule has 1 aliphatic carbocycles. The molecule has 0 saturated heterocycles. The van der Waals surface area contributed by atoms with Crippen LogP contribution < -0.4 is 0 Å². The number of benzene rings is 2. The van der Waals surface area contributed by atoms with Crippen molar-refractivity contribution >= 4 is 11.4 Å². The molecule has 2 N–H and O–H groups in total. The van der Waals surface area contributed by atoms with Gasteiger partial charge in [-0.2, -0.15) is 0 Å². The van der Waals surface area contributed by atoms with E-state index in [9.17, 15) is 0 Å². The predicted molar refractivity (Wildman–Crippen MR) is 88.1 cm³/mol. The molecule has 1 aliphatic rings.